The van der Waals surface area contributed by atoms with Crippen LogP contribution in [0, 0.1) is 5.92 Å². The summed E-state index contributed by atoms with van der Waals surface area (Å²) < 4.78 is 0. The molecule has 0 radical (unpaired) electrons. The number of carbonyl (C=O) groups is 1. The molecule has 1 aromatic rings. The molecule has 0 unspecified atom stereocenters. The van der Waals surface area contributed by atoms with Crippen LogP contribution in [0.25, 0.3) is 0 Å². The van der Waals surface area contributed by atoms with Gasteiger partial charge in [-0.25, -0.2) is 0 Å². The largest absolute Gasteiger partial charge is 0.508 e. The molecule has 94 valence electrons. The standard InChI is InChI=1S/C13H20N2O2/c1-4-9(2)12(14)13(17)15(3)10-5-7-11(16)8-6-10/h5-9,12,16H,4,14H2,1-3H3/t9-,12-/m0/s1. The summed E-state index contributed by atoms with van der Waals surface area (Å²) >= 11 is 0. The number of phenolic OH excluding ortho intramolecular Hbond substituents is 1. The number of rotatable bonds is 4. The summed E-state index contributed by atoms with van der Waals surface area (Å²) in [5, 5.41) is 9.18. The third-order valence-corrected chi connectivity index (χ3v) is 3.11. The molecule has 4 nitrogen and oxygen atoms in total. The first-order valence-corrected chi connectivity index (χ1v) is 5.79. The van der Waals surface area contributed by atoms with E-state index in [1.165, 1.54) is 4.90 Å². The fraction of sp³-hybridized carbons (Fsp3) is 0.462. The highest BCUT2D eigenvalue weighted by Gasteiger charge is 2.23. The highest BCUT2D eigenvalue weighted by Crippen LogP contribution is 2.19. The molecule has 0 saturated carbocycles. The molecule has 0 aliphatic rings. The summed E-state index contributed by atoms with van der Waals surface area (Å²) in [5.41, 5.74) is 6.63. The molecule has 4 heteroatoms. The van der Waals surface area contributed by atoms with E-state index in [1.54, 1.807) is 31.3 Å². The molecule has 0 bridgehead atoms. The second kappa shape index (κ2) is 5.68. The third kappa shape index (κ3) is 3.20. The van der Waals surface area contributed by atoms with Gasteiger partial charge in [0.25, 0.3) is 0 Å². The van der Waals surface area contributed by atoms with Crippen molar-refractivity contribution < 1.29 is 9.90 Å². The minimum atomic E-state index is -0.487. The van der Waals surface area contributed by atoms with Crippen molar-refractivity contribution in [2.24, 2.45) is 11.7 Å². The van der Waals surface area contributed by atoms with Crippen molar-refractivity contribution >= 4 is 11.6 Å². The molecule has 1 rings (SSSR count). The van der Waals surface area contributed by atoms with Gasteiger partial charge in [0.15, 0.2) is 0 Å². The van der Waals surface area contributed by atoms with Crippen LogP contribution in [0.4, 0.5) is 5.69 Å². The highest BCUT2D eigenvalue weighted by molar-refractivity contribution is 5.96. The van der Waals surface area contributed by atoms with Gasteiger partial charge in [0.1, 0.15) is 5.75 Å². The van der Waals surface area contributed by atoms with Crippen molar-refractivity contribution in [1.82, 2.24) is 0 Å². The normalized spacial score (nSPS) is 14.1. The topological polar surface area (TPSA) is 66.6 Å². The van der Waals surface area contributed by atoms with E-state index in [-0.39, 0.29) is 17.6 Å². The van der Waals surface area contributed by atoms with E-state index in [0.717, 1.165) is 12.1 Å². The average Bonchev–Trinajstić information content (AvgIpc) is 2.36. The van der Waals surface area contributed by atoms with Gasteiger partial charge in [0.2, 0.25) is 5.91 Å². The number of likely N-dealkylation sites (N-methyl/N-ethyl adjacent to an activating group) is 1. The Morgan fingerprint density at radius 3 is 2.41 bits per heavy atom. The van der Waals surface area contributed by atoms with Crippen LogP contribution in [0.5, 0.6) is 5.75 Å². The van der Waals surface area contributed by atoms with Gasteiger partial charge in [-0.05, 0) is 30.2 Å². The third-order valence-electron chi connectivity index (χ3n) is 3.11. The molecule has 0 aromatic heterocycles. The fourth-order valence-corrected chi connectivity index (χ4v) is 1.52. The van der Waals surface area contributed by atoms with E-state index in [0.29, 0.717) is 0 Å². The first-order chi connectivity index (χ1) is 7.97. The fourth-order valence-electron chi connectivity index (χ4n) is 1.52. The van der Waals surface area contributed by atoms with Gasteiger partial charge in [0.05, 0.1) is 6.04 Å². The molecule has 1 aromatic carbocycles. The molecule has 1 amide bonds. The second-order valence-corrected chi connectivity index (χ2v) is 4.32. The lowest BCUT2D eigenvalue weighted by atomic mass is 9.99. The van der Waals surface area contributed by atoms with Gasteiger partial charge in [0, 0.05) is 12.7 Å². The maximum atomic E-state index is 12.1. The Morgan fingerprint density at radius 1 is 1.41 bits per heavy atom. The summed E-state index contributed by atoms with van der Waals surface area (Å²) in [6, 6.07) is 5.99. The molecule has 0 fully saturated rings. The first kappa shape index (κ1) is 13.5. The van der Waals surface area contributed by atoms with Crippen LogP contribution >= 0.6 is 0 Å². The Kier molecular flexibility index (Phi) is 4.52. The minimum Gasteiger partial charge on any atom is -0.508 e. The molecule has 17 heavy (non-hydrogen) atoms. The van der Waals surface area contributed by atoms with Crippen molar-refractivity contribution in [3.05, 3.63) is 24.3 Å². The van der Waals surface area contributed by atoms with Crippen molar-refractivity contribution in [3.63, 3.8) is 0 Å². The van der Waals surface area contributed by atoms with Crippen LogP contribution in [0.3, 0.4) is 0 Å². The van der Waals surface area contributed by atoms with Gasteiger partial charge in [-0.2, -0.15) is 0 Å². The number of benzene rings is 1. The molecule has 0 aliphatic heterocycles. The zero-order valence-electron chi connectivity index (χ0n) is 10.6. The smallest absolute Gasteiger partial charge is 0.243 e. The number of carbonyl (C=O) groups excluding carboxylic acids is 1. The average molecular weight is 236 g/mol. The van der Waals surface area contributed by atoms with E-state index >= 15 is 0 Å². The number of anilines is 1. The minimum absolute atomic E-state index is 0.106. The number of hydrogen-bond acceptors (Lipinski definition) is 3. The lowest BCUT2D eigenvalue weighted by Crippen LogP contribution is -2.45. The van der Waals surface area contributed by atoms with Crippen LogP contribution in [0.15, 0.2) is 24.3 Å². The van der Waals surface area contributed by atoms with Crippen molar-refractivity contribution in [1.29, 1.82) is 0 Å². The number of amides is 1. The van der Waals surface area contributed by atoms with Crippen LogP contribution in [0.2, 0.25) is 0 Å². The van der Waals surface area contributed by atoms with Crippen LogP contribution in [-0.2, 0) is 4.79 Å². The van der Waals surface area contributed by atoms with Gasteiger partial charge in [-0.1, -0.05) is 20.3 Å². The van der Waals surface area contributed by atoms with Gasteiger partial charge in [-0.15, -0.1) is 0 Å². The number of nitrogens with two attached hydrogens (primary N) is 1. The summed E-state index contributed by atoms with van der Waals surface area (Å²) in [7, 11) is 1.69. The van der Waals surface area contributed by atoms with Crippen LogP contribution < -0.4 is 10.6 Å². The first-order valence-electron chi connectivity index (χ1n) is 5.79. The van der Waals surface area contributed by atoms with E-state index in [1.807, 2.05) is 13.8 Å². The molecular formula is C13H20N2O2. The van der Waals surface area contributed by atoms with Crippen LogP contribution in [0.1, 0.15) is 20.3 Å². The summed E-state index contributed by atoms with van der Waals surface area (Å²) in [6.07, 6.45) is 0.871. The van der Waals surface area contributed by atoms with E-state index in [2.05, 4.69) is 0 Å². The van der Waals surface area contributed by atoms with E-state index < -0.39 is 6.04 Å². The van der Waals surface area contributed by atoms with Crippen molar-refractivity contribution in [3.8, 4) is 5.75 Å². The van der Waals surface area contributed by atoms with Gasteiger partial charge < -0.3 is 15.7 Å². The predicted octanol–water partition coefficient (Wildman–Crippen LogP) is 1.73. The number of hydrogen-bond donors (Lipinski definition) is 2. The van der Waals surface area contributed by atoms with Crippen molar-refractivity contribution in [2.75, 3.05) is 11.9 Å². The second-order valence-electron chi connectivity index (χ2n) is 4.32. The van der Waals surface area contributed by atoms with Crippen LogP contribution in [-0.4, -0.2) is 24.1 Å². The zero-order valence-corrected chi connectivity index (χ0v) is 10.6. The molecule has 0 saturated heterocycles. The Hall–Kier alpha value is -1.55. The molecule has 3 N–H and O–H groups in total. The van der Waals surface area contributed by atoms with Crippen molar-refractivity contribution in [2.45, 2.75) is 26.3 Å². The molecule has 0 aliphatic carbocycles. The Morgan fingerprint density at radius 2 is 1.94 bits per heavy atom. The zero-order chi connectivity index (χ0) is 13.0. The lowest BCUT2D eigenvalue weighted by molar-refractivity contribution is -0.120. The van der Waals surface area contributed by atoms with E-state index in [4.69, 9.17) is 5.73 Å². The van der Waals surface area contributed by atoms with E-state index in [9.17, 15) is 9.90 Å². The molecular weight excluding hydrogens is 216 g/mol. The Bertz CT molecular complexity index is 376. The monoisotopic (exact) mass is 236 g/mol. The maximum absolute atomic E-state index is 12.1. The molecule has 0 heterocycles. The summed E-state index contributed by atoms with van der Waals surface area (Å²) in [5.74, 6) is 0.230. The number of aromatic hydroxyl groups is 1. The lowest BCUT2D eigenvalue weighted by Gasteiger charge is -2.24. The summed E-state index contributed by atoms with van der Waals surface area (Å²) in [6.45, 7) is 3.98. The predicted molar refractivity (Wildman–Crippen MR) is 68.9 cm³/mol. The number of nitrogens with zero attached hydrogens (tertiary/aromatic N) is 1. The SMILES string of the molecule is CC[C@H](C)[C@H](N)C(=O)N(C)c1ccc(O)cc1. The van der Waals surface area contributed by atoms with Gasteiger partial charge in [-0.3, -0.25) is 4.79 Å². The molecule has 2 atom stereocenters. The highest BCUT2D eigenvalue weighted by atomic mass is 16.3. The maximum Gasteiger partial charge on any atom is 0.243 e. The Balaban J connectivity index is 2.79. The number of phenols is 1. The summed E-state index contributed by atoms with van der Waals surface area (Å²) in [4.78, 5) is 13.6. The quantitative estimate of drug-likeness (QED) is 0.836. The Labute approximate surface area is 102 Å². The molecule has 0 spiro atoms. The van der Waals surface area contributed by atoms with Gasteiger partial charge >= 0.3 is 0 Å².